The molecule has 3 aliphatic rings. The van der Waals surface area contributed by atoms with Crippen LogP contribution in [0.3, 0.4) is 0 Å². The Bertz CT molecular complexity index is 1590. The number of hydrogen-bond acceptors (Lipinski definition) is 8. The van der Waals surface area contributed by atoms with Gasteiger partial charge in [-0.25, -0.2) is 0 Å². The fraction of sp³-hybridized carbons (Fsp3) is 0.550. The van der Waals surface area contributed by atoms with E-state index in [1.54, 1.807) is 12.1 Å². The molecule has 6 atom stereocenters. The molecule has 2 unspecified atom stereocenters. The minimum atomic E-state index is -3.78. The van der Waals surface area contributed by atoms with E-state index in [2.05, 4.69) is 37.3 Å². The molecule has 0 aromatic heterocycles. The lowest BCUT2D eigenvalue weighted by Gasteiger charge is -2.50. The quantitative estimate of drug-likeness (QED) is 0.121. The summed E-state index contributed by atoms with van der Waals surface area (Å²) in [4.78, 5) is 0.139. The maximum Gasteiger partial charge on any atom is 0.297 e. The summed E-state index contributed by atoms with van der Waals surface area (Å²) < 4.78 is 52.6. The first kappa shape index (κ1) is 36.0. The normalized spacial score (nSPS) is 26.1. The van der Waals surface area contributed by atoms with Crippen LogP contribution in [0.1, 0.15) is 67.2 Å². The SMILES string of the molecule is Cc1ccc(S(=O)(=O)OCCOCCOCCOCCC2C[C@H]3[C@@H]4CCc5cc(OCc6ccccc6)ccc5[C@H]4CC[C@]3(C)C2O)cc1. The summed E-state index contributed by atoms with van der Waals surface area (Å²) >= 11 is 0. The van der Waals surface area contributed by atoms with Crippen molar-refractivity contribution in [2.24, 2.45) is 23.2 Å². The van der Waals surface area contributed by atoms with E-state index in [0.29, 0.717) is 57.4 Å². The van der Waals surface area contributed by atoms with Crippen molar-refractivity contribution < 1.29 is 36.7 Å². The van der Waals surface area contributed by atoms with Gasteiger partial charge < -0.3 is 24.1 Å². The van der Waals surface area contributed by atoms with Gasteiger partial charge >= 0.3 is 0 Å². The van der Waals surface area contributed by atoms with Crippen molar-refractivity contribution in [3.63, 3.8) is 0 Å². The van der Waals surface area contributed by atoms with Crippen molar-refractivity contribution in [1.29, 1.82) is 0 Å². The van der Waals surface area contributed by atoms with Gasteiger partial charge in [0, 0.05) is 6.61 Å². The smallest absolute Gasteiger partial charge is 0.297 e. The van der Waals surface area contributed by atoms with Crippen LogP contribution < -0.4 is 4.74 Å². The molecule has 9 heteroatoms. The molecule has 3 aromatic carbocycles. The third-order valence-corrected chi connectivity index (χ3v) is 12.5. The molecule has 3 aromatic rings. The largest absolute Gasteiger partial charge is 0.489 e. The molecule has 266 valence electrons. The highest BCUT2D eigenvalue weighted by atomic mass is 32.2. The molecule has 6 rings (SSSR count). The Balaban J connectivity index is 0.863. The Hall–Kier alpha value is -2.79. The molecule has 3 aliphatic carbocycles. The molecule has 0 spiro atoms. The van der Waals surface area contributed by atoms with Crippen LogP contribution in [-0.2, 0) is 41.5 Å². The van der Waals surface area contributed by atoms with Crippen LogP contribution in [0.4, 0.5) is 0 Å². The van der Waals surface area contributed by atoms with Crippen LogP contribution in [0.25, 0.3) is 0 Å². The summed E-state index contributed by atoms with van der Waals surface area (Å²) in [5, 5.41) is 11.5. The number of benzene rings is 3. The van der Waals surface area contributed by atoms with Crippen molar-refractivity contribution in [1.82, 2.24) is 0 Å². The predicted octanol–water partition coefficient (Wildman–Crippen LogP) is 6.86. The molecule has 2 fully saturated rings. The van der Waals surface area contributed by atoms with Gasteiger partial charge in [-0.1, -0.05) is 61.0 Å². The van der Waals surface area contributed by atoms with Gasteiger partial charge in [0.05, 0.1) is 50.6 Å². The van der Waals surface area contributed by atoms with E-state index < -0.39 is 10.1 Å². The monoisotopic (exact) mass is 692 g/mol. The average Bonchev–Trinajstić information content (AvgIpc) is 3.37. The van der Waals surface area contributed by atoms with E-state index in [-0.39, 0.29) is 35.5 Å². The predicted molar refractivity (Wildman–Crippen MR) is 188 cm³/mol. The Morgan fingerprint density at radius 3 is 2.27 bits per heavy atom. The van der Waals surface area contributed by atoms with Crippen LogP contribution in [0, 0.1) is 30.1 Å². The summed E-state index contributed by atoms with van der Waals surface area (Å²) in [7, 11) is -3.78. The molecule has 0 radical (unpaired) electrons. The van der Waals surface area contributed by atoms with Crippen molar-refractivity contribution in [3.05, 3.63) is 95.1 Å². The molecule has 0 heterocycles. The first-order valence-electron chi connectivity index (χ1n) is 17.9. The average molecular weight is 693 g/mol. The minimum Gasteiger partial charge on any atom is -0.489 e. The van der Waals surface area contributed by atoms with E-state index in [1.165, 1.54) is 35.2 Å². The Morgan fingerprint density at radius 1 is 0.837 bits per heavy atom. The number of aliphatic hydroxyl groups is 1. The Labute approximate surface area is 292 Å². The van der Waals surface area contributed by atoms with Crippen molar-refractivity contribution in [3.8, 4) is 5.75 Å². The number of hydrogen-bond donors (Lipinski definition) is 1. The maximum atomic E-state index is 12.2. The van der Waals surface area contributed by atoms with E-state index >= 15 is 0 Å². The van der Waals surface area contributed by atoms with Gasteiger partial charge in [-0.05, 0) is 115 Å². The molecular formula is C40H52O8S. The summed E-state index contributed by atoms with van der Waals surface area (Å²) in [6.45, 7) is 7.22. The molecule has 0 aliphatic heterocycles. The second kappa shape index (κ2) is 16.5. The number of rotatable bonds is 17. The first-order valence-corrected chi connectivity index (χ1v) is 19.3. The van der Waals surface area contributed by atoms with Crippen molar-refractivity contribution in [2.75, 3.05) is 46.2 Å². The number of ether oxygens (including phenoxy) is 4. The standard InChI is InChI=1S/C40H52O8S/c1-29-8-12-34(13-9-29)49(42,43)48-25-24-46-23-22-45-21-20-44-19-17-32-27-38-37-14-10-31-26-33(47-28-30-6-4-3-5-7-30)11-15-35(31)36(37)16-18-40(38,2)39(32)41/h3-9,11-13,15,26,32,36-39,41H,10,14,16-25,27-28H2,1-2H3/t32?,36-,37-,38+,39?,40+/m1/s1. The van der Waals surface area contributed by atoms with Crippen LogP contribution in [0.2, 0.25) is 0 Å². The Kier molecular flexibility index (Phi) is 12.1. The summed E-state index contributed by atoms with van der Waals surface area (Å²) in [6.07, 6.45) is 6.09. The maximum absolute atomic E-state index is 12.2. The number of aryl methyl sites for hydroxylation is 2. The zero-order valence-electron chi connectivity index (χ0n) is 28.9. The van der Waals surface area contributed by atoms with Crippen LogP contribution in [-0.4, -0.2) is 65.9 Å². The molecule has 8 nitrogen and oxygen atoms in total. The van der Waals surface area contributed by atoms with Crippen molar-refractivity contribution >= 4 is 10.1 Å². The van der Waals surface area contributed by atoms with Gasteiger partial charge in [0.2, 0.25) is 0 Å². The highest BCUT2D eigenvalue weighted by Gasteiger charge is 2.57. The zero-order valence-corrected chi connectivity index (χ0v) is 29.7. The summed E-state index contributed by atoms with van der Waals surface area (Å²) in [5.41, 5.74) is 5.07. The van der Waals surface area contributed by atoms with E-state index in [1.807, 2.05) is 25.1 Å². The second-order valence-electron chi connectivity index (χ2n) is 14.3. The number of fused-ring (bicyclic) bond motifs is 5. The molecule has 0 saturated heterocycles. The van der Waals surface area contributed by atoms with Gasteiger partial charge in [-0.3, -0.25) is 4.18 Å². The van der Waals surface area contributed by atoms with Crippen LogP contribution in [0.5, 0.6) is 5.75 Å². The van der Waals surface area contributed by atoms with Crippen LogP contribution >= 0.6 is 0 Å². The van der Waals surface area contributed by atoms with Gasteiger partial charge in [-0.15, -0.1) is 0 Å². The third-order valence-electron chi connectivity index (χ3n) is 11.2. The lowest BCUT2D eigenvalue weighted by Crippen LogP contribution is -2.44. The second-order valence-corrected chi connectivity index (χ2v) is 15.9. The van der Waals surface area contributed by atoms with Crippen molar-refractivity contribution in [2.45, 2.75) is 75.9 Å². The third kappa shape index (κ3) is 8.75. The molecular weight excluding hydrogens is 640 g/mol. The zero-order chi connectivity index (χ0) is 34.3. The topological polar surface area (TPSA) is 101 Å². The van der Waals surface area contributed by atoms with Crippen LogP contribution in [0.15, 0.2) is 77.7 Å². The first-order chi connectivity index (χ1) is 23.7. The summed E-state index contributed by atoms with van der Waals surface area (Å²) in [5.74, 6) is 2.92. The van der Waals surface area contributed by atoms with Gasteiger partial charge in [0.1, 0.15) is 12.4 Å². The van der Waals surface area contributed by atoms with E-state index in [0.717, 1.165) is 43.4 Å². The number of aliphatic hydroxyl groups excluding tert-OH is 1. The molecule has 1 N–H and O–H groups in total. The fourth-order valence-corrected chi connectivity index (χ4v) is 9.46. The lowest BCUT2D eigenvalue weighted by atomic mass is 9.55. The van der Waals surface area contributed by atoms with Gasteiger partial charge in [0.25, 0.3) is 10.1 Å². The van der Waals surface area contributed by atoms with Gasteiger partial charge in [0.15, 0.2) is 0 Å². The highest BCUT2D eigenvalue weighted by Crippen LogP contribution is 2.62. The molecule has 0 bridgehead atoms. The molecule has 0 amide bonds. The molecule has 49 heavy (non-hydrogen) atoms. The van der Waals surface area contributed by atoms with E-state index in [9.17, 15) is 13.5 Å². The van der Waals surface area contributed by atoms with Gasteiger partial charge in [-0.2, -0.15) is 8.42 Å². The van der Waals surface area contributed by atoms with E-state index in [4.69, 9.17) is 23.1 Å². The summed E-state index contributed by atoms with van der Waals surface area (Å²) in [6, 6.07) is 23.6. The minimum absolute atomic E-state index is 0.0267. The fourth-order valence-electron chi connectivity index (χ4n) is 8.57. The highest BCUT2D eigenvalue weighted by molar-refractivity contribution is 7.86. The molecule has 2 saturated carbocycles. The Morgan fingerprint density at radius 2 is 1.53 bits per heavy atom. The lowest BCUT2D eigenvalue weighted by molar-refractivity contribution is -0.0373.